The Hall–Kier alpha value is -1.59. The Morgan fingerprint density at radius 1 is 1.48 bits per heavy atom. The van der Waals surface area contributed by atoms with Crippen molar-refractivity contribution in [3.05, 3.63) is 44.4 Å². The lowest BCUT2D eigenvalue weighted by Crippen LogP contribution is -1.96. The lowest BCUT2D eigenvalue weighted by atomic mass is 10.1. The predicted molar refractivity (Wildman–Crippen MR) is 83.6 cm³/mol. The van der Waals surface area contributed by atoms with Crippen LogP contribution in [-0.2, 0) is 17.6 Å². The van der Waals surface area contributed by atoms with Crippen LogP contribution in [0.3, 0.4) is 0 Å². The van der Waals surface area contributed by atoms with Crippen LogP contribution < -0.4 is 4.74 Å². The van der Waals surface area contributed by atoms with Crippen molar-refractivity contribution in [2.24, 2.45) is 0 Å². The fourth-order valence-corrected chi connectivity index (χ4v) is 3.39. The van der Waals surface area contributed by atoms with Crippen LogP contribution in [-0.4, -0.2) is 23.2 Å². The summed E-state index contributed by atoms with van der Waals surface area (Å²) >= 11 is 7.67. The molecule has 1 aromatic carbocycles. The van der Waals surface area contributed by atoms with Crippen LogP contribution in [0, 0.1) is 6.92 Å². The Balaban J connectivity index is 2.11. The number of rotatable bonds is 6. The molecule has 2 aromatic rings. The number of thiazole rings is 1. The number of hydrogen-bond acceptors (Lipinski definition) is 4. The second kappa shape index (κ2) is 6.91. The van der Waals surface area contributed by atoms with Crippen LogP contribution in [0.1, 0.15) is 27.6 Å². The van der Waals surface area contributed by atoms with Gasteiger partial charge in [-0.2, -0.15) is 0 Å². The summed E-state index contributed by atoms with van der Waals surface area (Å²) in [6.07, 6.45) is 1.35. The van der Waals surface area contributed by atoms with Crippen LogP contribution in [0.5, 0.6) is 5.75 Å². The fraction of sp³-hybridized carbons (Fsp3) is 0.333. The van der Waals surface area contributed by atoms with E-state index < -0.39 is 5.97 Å². The zero-order chi connectivity index (χ0) is 15.4. The maximum Gasteiger partial charge on any atom is 0.303 e. The number of methoxy groups -OCH3 is 1. The molecule has 0 unspecified atom stereocenters. The number of ether oxygens (including phenoxy) is 1. The van der Waals surface area contributed by atoms with Gasteiger partial charge in [-0.25, -0.2) is 4.98 Å². The van der Waals surface area contributed by atoms with Crippen molar-refractivity contribution in [1.29, 1.82) is 0 Å². The van der Waals surface area contributed by atoms with Gasteiger partial charge >= 0.3 is 5.97 Å². The van der Waals surface area contributed by atoms with Crippen LogP contribution in [0.15, 0.2) is 18.2 Å². The number of nitrogens with zero attached hydrogens (tertiary/aromatic N) is 1. The van der Waals surface area contributed by atoms with Crippen molar-refractivity contribution < 1.29 is 14.6 Å². The number of carboxylic acid groups (broad SMARTS) is 1. The molecule has 0 aliphatic heterocycles. The third-order valence-electron chi connectivity index (χ3n) is 3.07. The molecular weight excluding hydrogens is 310 g/mol. The molecule has 0 saturated heterocycles. The van der Waals surface area contributed by atoms with Crippen molar-refractivity contribution >= 4 is 28.9 Å². The largest absolute Gasteiger partial charge is 0.495 e. The van der Waals surface area contributed by atoms with Crippen LogP contribution in [0.4, 0.5) is 0 Å². The molecule has 4 nitrogen and oxygen atoms in total. The Labute approximate surface area is 132 Å². The Kier molecular flexibility index (Phi) is 5.20. The van der Waals surface area contributed by atoms with Crippen LogP contribution in [0.2, 0.25) is 5.02 Å². The predicted octanol–water partition coefficient (Wildman–Crippen LogP) is 3.72. The number of carbonyl (C=O) groups is 1. The van der Waals surface area contributed by atoms with E-state index in [1.165, 1.54) is 0 Å². The number of aromatic nitrogens is 1. The minimum absolute atomic E-state index is 0.136. The topological polar surface area (TPSA) is 59.4 Å². The first-order valence-electron chi connectivity index (χ1n) is 6.49. The number of aliphatic carboxylic acids is 1. The van der Waals surface area contributed by atoms with Gasteiger partial charge in [-0.15, -0.1) is 11.3 Å². The average Bonchev–Trinajstić information content (AvgIpc) is 2.76. The molecule has 6 heteroatoms. The molecule has 0 spiro atoms. The molecule has 0 aliphatic rings. The van der Waals surface area contributed by atoms with Gasteiger partial charge < -0.3 is 9.84 Å². The normalized spacial score (nSPS) is 10.6. The van der Waals surface area contributed by atoms with Gasteiger partial charge in [0, 0.05) is 11.3 Å². The number of carboxylic acids is 1. The highest BCUT2D eigenvalue weighted by Crippen LogP contribution is 2.27. The molecule has 21 heavy (non-hydrogen) atoms. The summed E-state index contributed by atoms with van der Waals surface area (Å²) in [5.41, 5.74) is 1.97. The molecule has 0 atom stereocenters. The van der Waals surface area contributed by atoms with Crippen LogP contribution >= 0.6 is 22.9 Å². The lowest BCUT2D eigenvalue weighted by molar-refractivity contribution is -0.136. The summed E-state index contributed by atoms with van der Waals surface area (Å²) in [6, 6.07) is 5.66. The van der Waals surface area contributed by atoms with E-state index in [4.69, 9.17) is 21.4 Å². The third kappa shape index (κ3) is 4.19. The van der Waals surface area contributed by atoms with Crippen LogP contribution in [0.25, 0.3) is 0 Å². The van der Waals surface area contributed by atoms with Gasteiger partial charge in [0.2, 0.25) is 0 Å². The summed E-state index contributed by atoms with van der Waals surface area (Å²) in [5, 5.41) is 10.3. The Morgan fingerprint density at radius 2 is 2.24 bits per heavy atom. The summed E-state index contributed by atoms with van der Waals surface area (Å²) in [6.45, 7) is 1.91. The number of hydrogen-bond donors (Lipinski definition) is 1. The maximum atomic E-state index is 10.6. The first kappa shape index (κ1) is 15.8. The monoisotopic (exact) mass is 325 g/mol. The van der Waals surface area contributed by atoms with E-state index in [-0.39, 0.29) is 6.42 Å². The van der Waals surface area contributed by atoms with Gasteiger partial charge in [-0.05, 0) is 31.0 Å². The zero-order valence-electron chi connectivity index (χ0n) is 11.9. The maximum absolute atomic E-state index is 10.6. The first-order chi connectivity index (χ1) is 9.99. The van der Waals surface area contributed by atoms with E-state index in [0.29, 0.717) is 23.6 Å². The molecule has 2 rings (SSSR count). The third-order valence-corrected chi connectivity index (χ3v) is 4.59. The van der Waals surface area contributed by atoms with E-state index in [1.807, 2.05) is 25.1 Å². The SMILES string of the molecule is COc1ccc(Cc2nc(C)c(CCC(=O)O)s2)cc1Cl. The Bertz CT molecular complexity index is 654. The highest BCUT2D eigenvalue weighted by Gasteiger charge is 2.11. The average molecular weight is 326 g/mol. The highest BCUT2D eigenvalue weighted by atomic mass is 35.5. The van der Waals surface area contributed by atoms with Crippen molar-refractivity contribution in [1.82, 2.24) is 4.98 Å². The second-order valence-corrected chi connectivity index (χ2v) is 6.23. The van der Waals surface area contributed by atoms with Gasteiger partial charge in [0.25, 0.3) is 0 Å². The minimum Gasteiger partial charge on any atom is -0.495 e. The van der Waals surface area contributed by atoms with Gasteiger partial charge in [0.1, 0.15) is 5.75 Å². The summed E-state index contributed by atoms with van der Waals surface area (Å²) < 4.78 is 5.13. The second-order valence-electron chi connectivity index (χ2n) is 4.66. The molecule has 112 valence electrons. The van der Waals surface area contributed by atoms with Crippen molar-refractivity contribution in [3.8, 4) is 5.75 Å². The highest BCUT2D eigenvalue weighted by molar-refractivity contribution is 7.11. The first-order valence-corrected chi connectivity index (χ1v) is 7.68. The number of benzene rings is 1. The number of halogens is 1. The zero-order valence-corrected chi connectivity index (χ0v) is 13.4. The van der Waals surface area contributed by atoms with E-state index in [1.54, 1.807) is 18.4 Å². The van der Waals surface area contributed by atoms with E-state index in [9.17, 15) is 4.79 Å². The van der Waals surface area contributed by atoms with E-state index in [0.717, 1.165) is 21.1 Å². The number of aryl methyl sites for hydroxylation is 2. The Morgan fingerprint density at radius 3 is 2.86 bits per heavy atom. The van der Waals surface area contributed by atoms with Gasteiger partial charge in [0.05, 0.1) is 29.3 Å². The summed E-state index contributed by atoms with van der Waals surface area (Å²) in [7, 11) is 1.58. The molecule has 0 fully saturated rings. The summed E-state index contributed by atoms with van der Waals surface area (Å²) in [5.74, 6) is -0.135. The quantitative estimate of drug-likeness (QED) is 0.879. The van der Waals surface area contributed by atoms with Crippen molar-refractivity contribution in [2.75, 3.05) is 7.11 Å². The molecule has 0 bridgehead atoms. The molecule has 1 N–H and O–H groups in total. The van der Waals surface area contributed by atoms with Crippen molar-refractivity contribution in [2.45, 2.75) is 26.2 Å². The minimum atomic E-state index is -0.786. The molecule has 0 amide bonds. The molecule has 0 aliphatic carbocycles. The van der Waals surface area contributed by atoms with Crippen molar-refractivity contribution in [3.63, 3.8) is 0 Å². The molecular formula is C15H16ClNO3S. The van der Waals surface area contributed by atoms with Gasteiger partial charge in [-0.1, -0.05) is 17.7 Å². The lowest BCUT2D eigenvalue weighted by Gasteiger charge is -2.04. The van der Waals surface area contributed by atoms with E-state index >= 15 is 0 Å². The van der Waals surface area contributed by atoms with E-state index in [2.05, 4.69) is 4.98 Å². The fourth-order valence-electron chi connectivity index (χ4n) is 2.01. The summed E-state index contributed by atoms with van der Waals surface area (Å²) in [4.78, 5) is 16.2. The van der Waals surface area contributed by atoms with Gasteiger partial charge in [0.15, 0.2) is 0 Å². The molecule has 0 saturated carbocycles. The molecule has 0 radical (unpaired) electrons. The molecule has 1 aromatic heterocycles. The smallest absolute Gasteiger partial charge is 0.303 e. The molecule has 1 heterocycles. The standard InChI is InChI=1S/C15H16ClNO3S/c1-9-13(5-6-15(18)19)21-14(17-9)8-10-3-4-12(20-2)11(16)7-10/h3-4,7H,5-6,8H2,1-2H3,(H,18,19). The van der Waals surface area contributed by atoms with Gasteiger partial charge in [-0.3, -0.25) is 4.79 Å².